The number of hydrogen-bond acceptors (Lipinski definition) is 5. The van der Waals surface area contributed by atoms with Crippen molar-refractivity contribution in [3.8, 4) is 5.88 Å². The molecule has 2 aliphatic rings. The van der Waals surface area contributed by atoms with Gasteiger partial charge in [0.2, 0.25) is 5.88 Å². The highest BCUT2D eigenvalue weighted by molar-refractivity contribution is 5.96. The van der Waals surface area contributed by atoms with Gasteiger partial charge in [-0.25, -0.2) is 4.98 Å². The van der Waals surface area contributed by atoms with E-state index in [0.717, 1.165) is 45.8 Å². The number of carbonyl (C=O) groups is 1. The monoisotopic (exact) mass is 319 g/mol. The van der Waals surface area contributed by atoms with Crippen LogP contribution in [0.3, 0.4) is 0 Å². The maximum atomic E-state index is 12.7. The van der Waals surface area contributed by atoms with E-state index in [1.807, 2.05) is 11.8 Å². The smallest absolute Gasteiger partial charge is 0.259 e. The molecule has 0 spiro atoms. The first kappa shape index (κ1) is 16.2. The van der Waals surface area contributed by atoms with Crippen molar-refractivity contribution in [1.29, 1.82) is 0 Å². The Bertz CT molecular complexity index is 524. The fraction of sp³-hybridized carbons (Fsp3) is 0.647. The van der Waals surface area contributed by atoms with Gasteiger partial charge < -0.3 is 14.4 Å². The Morgan fingerprint density at radius 2 is 2.22 bits per heavy atom. The molecule has 0 saturated carbocycles. The molecule has 0 radical (unpaired) electrons. The van der Waals surface area contributed by atoms with Crippen molar-refractivity contribution in [3.05, 3.63) is 23.9 Å². The lowest BCUT2D eigenvalue weighted by Crippen LogP contribution is -2.50. The Balaban J connectivity index is 1.55. The number of nitrogens with zero attached hydrogens (tertiary/aromatic N) is 3. The maximum absolute atomic E-state index is 12.7. The number of ether oxygens (including phenoxy) is 2. The van der Waals surface area contributed by atoms with Crippen LogP contribution in [-0.2, 0) is 4.74 Å². The average molecular weight is 319 g/mol. The summed E-state index contributed by atoms with van der Waals surface area (Å²) in [6.45, 7) is 7.56. The average Bonchev–Trinajstić information content (AvgIpc) is 3.09. The number of pyridine rings is 1. The number of carbonyl (C=O) groups excluding carboxylic acids is 1. The lowest BCUT2D eigenvalue weighted by Gasteiger charge is -2.35. The summed E-state index contributed by atoms with van der Waals surface area (Å²) in [4.78, 5) is 21.2. The summed E-state index contributed by atoms with van der Waals surface area (Å²) < 4.78 is 11.2. The number of rotatable bonds is 5. The van der Waals surface area contributed by atoms with Crippen molar-refractivity contribution in [2.45, 2.75) is 25.9 Å². The molecule has 23 heavy (non-hydrogen) atoms. The second kappa shape index (κ2) is 7.75. The molecule has 3 rings (SSSR count). The zero-order valence-corrected chi connectivity index (χ0v) is 13.7. The van der Waals surface area contributed by atoms with Crippen LogP contribution in [0, 0.1) is 0 Å². The van der Waals surface area contributed by atoms with E-state index in [1.54, 1.807) is 18.3 Å². The van der Waals surface area contributed by atoms with Crippen molar-refractivity contribution in [1.82, 2.24) is 14.8 Å². The largest absolute Gasteiger partial charge is 0.477 e. The molecule has 2 fully saturated rings. The standard InChI is InChI=1S/C17H25N3O3/c1-2-22-16-15(6-3-7-18-16)17(21)20-10-8-19(9-11-20)13-14-5-4-12-23-14/h3,6-7,14H,2,4-5,8-13H2,1H3. The van der Waals surface area contributed by atoms with E-state index < -0.39 is 0 Å². The summed E-state index contributed by atoms with van der Waals surface area (Å²) in [6.07, 6.45) is 4.36. The predicted octanol–water partition coefficient (Wildman–Crippen LogP) is 1.42. The van der Waals surface area contributed by atoms with Gasteiger partial charge in [0.15, 0.2) is 0 Å². The molecule has 0 aliphatic carbocycles. The summed E-state index contributed by atoms with van der Waals surface area (Å²) in [5.41, 5.74) is 0.557. The molecule has 0 N–H and O–H groups in total. The molecule has 2 aliphatic heterocycles. The van der Waals surface area contributed by atoms with Crippen LogP contribution in [-0.4, -0.2) is 72.7 Å². The van der Waals surface area contributed by atoms with Gasteiger partial charge >= 0.3 is 0 Å². The minimum Gasteiger partial charge on any atom is -0.477 e. The fourth-order valence-electron chi connectivity index (χ4n) is 3.19. The lowest BCUT2D eigenvalue weighted by molar-refractivity contribution is 0.0430. The molecule has 0 aromatic carbocycles. The molecular weight excluding hydrogens is 294 g/mol. The molecule has 0 bridgehead atoms. The molecule has 1 unspecified atom stereocenters. The molecule has 1 amide bonds. The fourth-order valence-corrected chi connectivity index (χ4v) is 3.19. The lowest BCUT2D eigenvalue weighted by atomic mass is 10.2. The van der Waals surface area contributed by atoms with Crippen LogP contribution >= 0.6 is 0 Å². The minimum atomic E-state index is 0.0123. The van der Waals surface area contributed by atoms with Crippen LogP contribution < -0.4 is 4.74 Å². The first-order valence-electron chi connectivity index (χ1n) is 8.49. The first-order valence-corrected chi connectivity index (χ1v) is 8.49. The minimum absolute atomic E-state index is 0.0123. The van der Waals surface area contributed by atoms with Crippen molar-refractivity contribution in [2.24, 2.45) is 0 Å². The van der Waals surface area contributed by atoms with Gasteiger partial charge in [-0.3, -0.25) is 9.69 Å². The molecule has 3 heterocycles. The quantitative estimate of drug-likeness (QED) is 0.821. The molecule has 6 heteroatoms. The second-order valence-electron chi connectivity index (χ2n) is 6.02. The molecule has 6 nitrogen and oxygen atoms in total. The summed E-state index contributed by atoms with van der Waals surface area (Å²) in [5.74, 6) is 0.445. The van der Waals surface area contributed by atoms with Gasteiger partial charge in [-0.15, -0.1) is 0 Å². The van der Waals surface area contributed by atoms with E-state index >= 15 is 0 Å². The van der Waals surface area contributed by atoms with E-state index in [-0.39, 0.29) is 5.91 Å². The summed E-state index contributed by atoms with van der Waals surface area (Å²) in [5, 5.41) is 0. The van der Waals surface area contributed by atoms with Gasteiger partial charge in [0.25, 0.3) is 5.91 Å². The SMILES string of the molecule is CCOc1ncccc1C(=O)N1CCN(CC2CCCO2)CC1. The molecule has 1 aromatic heterocycles. The van der Waals surface area contributed by atoms with Gasteiger partial charge in [-0.1, -0.05) is 0 Å². The van der Waals surface area contributed by atoms with Crippen LogP contribution in [0.1, 0.15) is 30.1 Å². The van der Waals surface area contributed by atoms with E-state index in [2.05, 4.69) is 9.88 Å². The van der Waals surface area contributed by atoms with Crippen molar-refractivity contribution in [2.75, 3.05) is 45.9 Å². The maximum Gasteiger partial charge on any atom is 0.259 e. The second-order valence-corrected chi connectivity index (χ2v) is 6.02. The Morgan fingerprint density at radius 3 is 2.91 bits per heavy atom. The number of hydrogen-bond donors (Lipinski definition) is 0. The summed E-state index contributed by atoms with van der Waals surface area (Å²) >= 11 is 0. The molecule has 2 saturated heterocycles. The number of amides is 1. The van der Waals surface area contributed by atoms with Crippen LogP contribution in [0.25, 0.3) is 0 Å². The van der Waals surface area contributed by atoms with E-state index in [1.165, 1.54) is 6.42 Å². The third-order valence-corrected chi connectivity index (χ3v) is 4.43. The molecule has 1 atom stereocenters. The van der Waals surface area contributed by atoms with Gasteiger partial charge in [0.05, 0.1) is 12.7 Å². The van der Waals surface area contributed by atoms with Crippen molar-refractivity contribution >= 4 is 5.91 Å². The first-order chi connectivity index (χ1) is 11.3. The zero-order valence-electron chi connectivity index (χ0n) is 13.7. The van der Waals surface area contributed by atoms with Gasteiger partial charge in [-0.2, -0.15) is 0 Å². The van der Waals surface area contributed by atoms with E-state index in [9.17, 15) is 4.79 Å². The molecule has 126 valence electrons. The summed E-state index contributed by atoms with van der Waals surface area (Å²) in [7, 11) is 0. The predicted molar refractivity (Wildman–Crippen MR) is 86.7 cm³/mol. The summed E-state index contributed by atoms with van der Waals surface area (Å²) in [6, 6.07) is 3.57. The number of piperazine rings is 1. The molecular formula is C17H25N3O3. The van der Waals surface area contributed by atoms with Crippen LogP contribution in [0.4, 0.5) is 0 Å². The highest BCUT2D eigenvalue weighted by Gasteiger charge is 2.26. The van der Waals surface area contributed by atoms with Gasteiger partial charge in [0.1, 0.15) is 5.56 Å². The van der Waals surface area contributed by atoms with Crippen molar-refractivity contribution in [3.63, 3.8) is 0 Å². The third-order valence-electron chi connectivity index (χ3n) is 4.43. The van der Waals surface area contributed by atoms with E-state index in [0.29, 0.717) is 24.2 Å². The Morgan fingerprint density at radius 1 is 1.39 bits per heavy atom. The highest BCUT2D eigenvalue weighted by atomic mass is 16.5. The van der Waals surface area contributed by atoms with Crippen molar-refractivity contribution < 1.29 is 14.3 Å². The highest BCUT2D eigenvalue weighted by Crippen LogP contribution is 2.19. The number of aromatic nitrogens is 1. The van der Waals surface area contributed by atoms with Crippen LogP contribution in [0.5, 0.6) is 5.88 Å². The van der Waals surface area contributed by atoms with Crippen LogP contribution in [0.2, 0.25) is 0 Å². The van der Waals surface area contributed by atoms with E-state index in [4.69, 9.17) is 9.47 Å². The van der Waals surface area contributed by atoms with Crippen LogP contribution in [0.15, 0.2) is 18.3 Å². The Kier molecular flexibility index (Phi) is 5.46. The van der Waals surface area contributed by atoms with Gasteiger partial charge in [0, 0.05) is 45.5 Å². The van der Waals surface area contributed by atoms with Gasteiger partial charge in [-0.05, 0) is 31.9 Å². The molecule has 1 aromatic rings. The Hall–Kier alpha value is -1.66. The topological polar surface area (TPSA) is 54.9 Å². The Labute approximate surface area is 137 Å². The third kappa shape index (κ3) is 4.00. The zero-order chi connectivity index (χ0) is 16.1. The normalized spacial score (nSPS) is 22.3.